The Bertz CT molecular complexity index is 316. The molecule has 4 N–H and O–H groups in total. The maximum atomic E-state index is 6.15. The monoisotopic (exact) mass is 220 g/mol. The van der Waals surface area contributed by atoms with E-state index in [2.05, 4.69) is 45.9 Å². The minimum Gasteiger partial charge on any atom is -0.329 e. The van der Waals surface area contributed by atoms with Gasteiger partial charge >= 0.3 is 0 Å². The fourth-order valence-electron chi connectivity index (χ4n) is 2.15. The molecule has 0 saturated heterocycles. The summed E-state index contributed by atoms with van der Waals surface area (Å²) in [6.45, 7) is 9.31. The van der Waals surface area contributed by atoms with Gasteiger partial charge < -0.3 is 11.5 Å². The van der Waals surface area contributed by atoms with E-state index in [4.69, 9.17) is 11.5 Å². The largest absolute Gasteiger partial charge is 0.329 e. The summed E-state index contributed by atoms with van der Waals surface area (Å²) in [5, 5.41) is 0. The summed E-state index contributed by atoms with van der Waals surface area (Å²) in [5.74, 6) is 0.984. The summed E-state index contributed by atoms with van der Waals surface area (Å²) in [5.41, 5.74) is 15.8. The molecule has 0 amide bonds. The van der Waals surface area contributed by atoms with Gasteiger partial charge in [0.2, 0.25) is 0 Å². The maximum Gasteiger partial charge on any atom is 0.0425 e. The van der Waals surface area contributed by atoms with Gasteiger partial charge in [-0.3, -0.25) is 0 Å². The van der Waals surface area contributed by atoms with Crippen molar-refractivity contribution in [3.05, 3.63) is 34.9 Å². The molecule has 0 spiro atoms. The zero-order valence-corrected chi connectivity index (χ0v) is 10.8. The summed E-state index contributed by atoms with van der Waals surface area (Å²) in [7, 11) is 0. The molecule has 0 aromatic heterocycles. The zero-order chi connectivity index (χ0) is 12.3. The van der Waals surface area contributed by atoms with Crippen molar-refractivity contribution in [2.45, 2.75) is 45.6 Å². The molecule has 0 saturated carbocycles. The van der Waals surface area contributed by atoms with E-state index in [0.29, 0.717) is 18.4 Å². The molecule has 16 heavy (non-hydrogen) atoms. The standard InChI is InChI=1S/C14H24N2/c1-9(2)11-6-5-7-12(10(3)4)14(11)13(16)8-15/h5-7,9-10,13H,8,15-16H2,1-4H3. The lowest BCUT2D eigenvalue weighted by atomic mass is 9.85. The average molecular weight is 220 g/mol. The van der Waals surface area contributed by atoms with Crippen LogP contribution in [0.25, 0.3) is 0 Å². The van der Waals surface area contributed by atoms with Gasteiger partial charge in [0.05, 0.1) is 0 Å². The molecular formula is C14H24N2. The number of benzene rings is 1. The quantitative estimate of drug-likeness (QED) is 0.819. The molecule has 1 aromatic rings. The fraction of sp³-hybridized carbons (Fsp3) is 0.571. The van der Waals surface area contributed by atoms with E-state index in [-0.39, 0.29) is 6.04 Å². The number of hydrogen-bond donors (Lipinski definition) is 2. The van der Waals surface area contributed by atoms with Gasteiger partial charge in [-0.1, -0.05) is 45.9 Å². The van der Waals surface area contributed by atoms with Crippen LogP contribution in [0.4, 0.5) is 0 Å². The Balaban J connectivity index is 3.34. The first kappa shape index (κ1) is 13.2. The van der Waals surface area contributed by atoms with Crippen LogP contribution in [0.1, 0.15) is 62.3 Å². The van der Waals surface area contributed by atoms with Gasteiger partial charge in [-0.25, -0.2) is 0 Å². The topological polar surface area (TPSA) is 52.0 Å². The van der Waals surface area contributed by atoms with Gasteiger partial charge in [-0.2, -0.15) is 0 Å². The van der Waals surface area contributed by atoms with Gasteiger partial charge in [0.1, 0.15) is 0 Å². The van der Waals surface area contributed by atoms with Crippen LogP contribution in [0.2, 0.25) is 0 Å². The first-order valence-corrected chi connectivity index (χ1v) is 6.07. The Morgan fingerprint density at radius 3 is 1.75 bits per heavy atom. The van der Waals surface area contributed by atoms with Crippen LogP contribution in [0.3, 0.4) is 0 Å². The van der Waals surface area contributed by atoms with E-state index in [1.807, 2.05) is 0 Å². The maximum absolute atomic E-state index is 6.15. The van der Waals surface area contributed by atoms with Gasteiger partial charge in [0.25, 0.3) is 0 Å². The highest BCUT2D eigenvalue weighted by Crippen LogP contribution is 2.30. The second-order valence-electron chi connectivity index (χ2n) is 5.00. The summed E-state index contributed by atoms with van der Waals surface area (Å²) >= 11 is 0. The summed E-state index contributed by atoms with van der Waals surface area (Å²) in [6, 6.07) is 6.41. The van der Waals surface area contributed by atoms with Crippen molar-refractivity contribution in [3.63, 3.8) is 0 Å². The van der Waals surface area contributed by atoms with Gasteiger partial charge in [-0.15, -0.1) is 0 Å². The molecule has 0 aliphatic carbocycles. The van der Waals surface area contributed by atoms with E-state index in [0.717, 1.165) is 0 Å². The second kappa shape index (κ2) is 5.46. The molecule has 1 rings (SSSR count). The predicted molar refractivity (Wildman–Crippen MR) is 70.6 cm³/mol. The summed E-state index contributed by atoms with van der Waals surface area (Å²) in [6.07, 6.45) is 0. The van der Waals surface area contributed by atoms with Crippen molar-refractivity contribution >= 4 is 0 Å². The first-order valence-electron chi connectivity index (χ1n) is 6.07. The smallest absolute Gasteiger partial charge is 0.0425 e. The SMILES string of the molecule is CC(C)c1cccc(C(C)C)c1C(N)CN. The molecule has 0 heterocycles. The number of hydrogen-bond acceptors (Lipinski definition) is 2. The Morgan fingerprint density at radius 2 is 1.44 bits per heavy atom. The molecular weight excluding hydrogens is 196 g/mol. The molecule has 1 atom stereocenters. The minimum absolute atomic E-state index is 0.0454. The van der Waals surface area contributed by atoms with Crippen LogP contribution in [-0.4, -0.2) is 6.54 Å². The van der Waals surface area contributed by atoms with Crippen LogP contribution in [0.5, 0.6) is 0 Å². The molecule has 0 aliphatic rings. The molecule has 0 bridgehead atoms. The van der Waals surface area contributed by atoms with Gasteiger partial charge in [-0.05, 0) is 28.5 Å². The third-order valence-corrected chi connectivity index (χ3v) is 3.04. The third kappa shape index (κ3) is 2.63. The Hall–Kier alpha value is -0.860. The van der Waals surface area contributed by atoms with Gasteiger partial charge in [0.15, 0.2) is 0 Å². The lowest BCUT2D eigenvalue weighted by Gasteiger charge is -2.23. The Labute approximate surface area is 99.0 Å². The van der Waals surface area contributed by atoms with Crippen molar-refractivity contribution in [3.8, 4) is 0 Å². The van der Waals surface area contributed by atoms with Crippen LogP contribution in [0.15, 0.2) is 18.2 Å². The zero-order valence-electron chi connectivity index (χ0n) is 10.8. The van der Waals surface area contributed by atoms with Gasteiger partial charge in [0, 0.05) is 12.6 Å². The van der Waals surface area contributed by atoms with Crippen LogP contribution >= 0.6 is 0 Å². The van der Waals surface area contributed by atoms with Crippen molar-refractivity contribution in [2.24, 2.45) is 11.5 Å². The van der Waals surface area contributed by atoms with Crippen molar-refractivity contribution < 1.29 is 0 Å². The van der Waals surface area contributed by atoms with E-state index in [9.17, 15) is 0 Å². The van der Waals surface area contributed by atoms with Crippen LogP contribution in [-0.2, 0) is 0 Å². The van der Waals surface area contributed by atoms with Crippen LogP contribution < -0.4 is 11.5 Å². The first-order chi connectivity index (χ1) is 7.49. The molecule has 0 aliphatic heterocycles. The second-order valence-corrected chi connectivity index (χ2v) is 5.00. The average Bonchev–Trinajstić information content (AvgIpc) is 2.26. The molecule has 0 fully saturated rings. The lowest BCUT2D eigenvalue weighted by Crippen LogP contribution is -2.24. The molecule has 1 aromatic carbocycles. The van der Waals surface area contributed by atoms with E-state index < -0.39 is 0 Å². The summed E-state index contributed by atoms with van der Waals surface area (Å²) in [4.78, 5) is 0. The lowest BCUT2D eigenvalue weighted by molar-refractivity contribution is 0.686. The Morgan fingerprint density at radius 1 is 1.00 bits per heavy atom. The van der Waals surface area contributed by atoms with Crippen molar-refractivity contribution in [1.29, 1.82) is 0 Å². The van der Waals surface area contributed by atoms with Crippen LogP contribution in [0, 0.1) is 0 Å². The molecule has 0 radical (unpaired) electrons. The molecule has 90 valence electrons. The number of rotatable bonds is 4. The number of nitrogens with two attached hydrogens (primary N) is 2. The van der Waals surface area contributed by atoms with E-state index in [1.54, 1.807) is 0 Å². The van der Waals surface area contributed by atoms with Crippen molar-refractivity contribution in [2.75, 3.05) is 6.54 Å². The molecule has 1 unspecified atom stereocenters. The highest BCUT2D eigenvalue weighted by molar-refractivity contribution is 5.41. The predicted octanol–water partition coefficient (Wildman–Crippen LogP) is 2.89. The Kier molecular flexibility index (Phi) is 4.51. The normalized spacial score (nSPS) is 13.5. The minimum atomic E-state index is -0.0454. The highest BCUT2D eigenvalue weighted by atomic mass is 14.7. The highest BCUT2D eigenvalue weighted by Gasteiger charge is 2.17. The molecule has 2 nitrogen and oxygen atoms in total. The fourth-order valence-corrected chi connectivity index (χ4v) is 2.15. The van der Waals surface area contributed by atoms with E-state index in [1.165, 1.54) is 16.7 Å². The van der Waals surface area contributed by atoms with E-state index >= 15 is 0 Å². The molecule has 2 heteroatoms. The summed E-state index contributed by atoms with van der Waals surface area (Å²) < 4.78 is 0. The third-order valence-electron chi connectivity index (χ3n) is 3.04. The van der Waals surface area contributed by atoms with Crippen molar-refractivity contribution in [1.82, 2.24) is 0 Å².